The van der Waals surface area contributed by atoms with Gasteiger partial charge in [0.15, 0.2) is 0 Å². The zero-order chi connectivity index (χ0) is 19.0. The number of halogens is 2. The third-order valence-corrected chi connectivity index (χ3v) is 5.60. The Kier molecular flexibility index (Phi) is 4.81. The van der Waals surface area contributed by atoms with E-state index in [2.05, 4.69) is 22.2 Å². The van der Waals surface area contributed by atoms with Crippen molar-refractivity contribution in [2.45, 2.75) is 20.4 Å². The molecule has 2 heterocycles. The normalized spacial score (nSPS) is 11.1. The predicted molar refractivity (Wildman–Crippen MR) is 111 cm³/mol. The highest BCUT2D eigenvalue weighted by molar-refractivity contribution is 7.19. The topological polar surface area (TPSA) is 37.8 Å². The average molecular weight is 398 g/mol. The second kappa shape index (κ2) is 7.25. The number of fused-ring (bicyclic) bond motifs is 1. The Morgan fingerprint density at radius 2 is 1.70 bits per heavy atom. The number of hydrogen-bond acceptors (Lipinski definition) is 4. The van der Waals surface area contributed by atoms with Crippen molar-refractivity contribution in [3.8, 4) is 11.1 Å². The van der Waals surface area contributed by atoms with Gasteiger partial charge >= 0.3 is 0 Å². The number of nitrogens with zero attached hydrogens (tertiary/aromatic N) is 2. The summed E-state index contributed by atoms with van der Waals surface area (Å²) in [6.45, 7) is 4.57. The van der Waals surface area contributed by atoms with Gasteiger partial charge in [0.1, 0.15) is 22.3 Å². The van der Waals surface area contributed by atoms with Gasteiger partial charge < -0.3 is 5.32 Å². The van der Waals surface area contributed by atoms with Gasteiger partial charge in [-0.25, -0.2) is 14.4 Å². The summed E-state index contributed by atoms with van der Waals surface area (Å²) in [4.78, 5) is 11.3. The van der Waals surface area contributed by atoms with Crippen LogP contribution in [0.5, 0.6) is 0 Å². The fourth-order valence-corrected chi connectivity index (χ4v) is 4.31. The Labute approximate surface area is 165 Å². The molecule has 6 heteroatoms. The van der Waals surface area contributed by atoms with Crippen LogP contribution in [0.1, 0.15) is 16.3 Å². The summed E-state index contributed by atoms with van der Waals surface area (Å²) in [7, 11) is 0. The highest BCUT2D eigenvalue weighted by atomic mass is 35.5. The van der Waals surface area contributed by atoms with E-state index in [1.54, 1.807) is 23.5 Å². The number of rotatable bonds is 4. The van der Waals surface area contributed by atoms with Gasteiger partial charge in [0.05, 0.1) is 5.39 Å². The van der Waals surface area contributed by atoms with E-state index in [9.17, 15) is 4.39 Å². The van der Waals surface area contributed by atoms with E-state index in [4.69, 9.17) is 11.6 Å². The lowest BCUT2D eigenvalue weighted by Gasteiger charge is -2.10. The predicted octanol–water partition coefficient (Wildman–Crippen LogP) is 6.38. The van der Waals surface area contributed by atoms with E-state index in [1.807, 2.05) is 31.2 Å². The number of nitrogens with one attached hydrogen (secondary N) is 1. The molecule has 0 unspecified atom stereocenters. The van der Waals surface area contributed by atoms with Crippen molar-refractivity contribution in [2.75, 3.05) is 5.32 Å². The van der Waals surface area contributed by atoms with Gasteiger partial charge in [0.25, 0.3) is 0 Å². The van der Waals surface area contributed by atoms with Crippen LogP contribution in [0.2, 0.25) is 5.02 Å². The minimum absolute atomic E-state index is 0.246. The number of benzene rings is 2. The van der Waals surface area contributed by atoms with Gasteiger partial charge in [-0.2, -0.15) is 0 Å². The molecule has 27 heavy (non-hydrogen) atoms. The Bertz CT molecular complexity index is 1110. The zero-order valence-corrected chi connectivity index (χ0v) is 16.5. The van der Waals surface area contributed by atoms with Gasteiger partial charge in [0.2, 0.25) is 0 Å². The first-order valence-corrected chi connectivity index (χ1v) is 9.72. The van der Waals surface area contributed by atoms with Crippen LogP contribution in [0, 0.1) is 19.7 Å². The molecule has 0 saturated carbocycles. The number of hydrogen-bond donors (Lipinski definition) is 1. The van der Waals surface area contributed by atoms with Gasteiger partial charge in [-0.05, 0) is 49.2 Å². The van der Waals surface area contributed by atoms with Crippen molar-refractivity contribution in [3.05, 3.63) is 75.6 Å². The van der Waals surface area contributed by atoms with Crippen LogP contribution >= 0.6 is 22.9 Å². The number of anilines is 1. The smallest absolute Gasteiger partial charge is 0.139 e. The molecule has 0 atom stereocenters. The lowest BCUT2D eigenvalue weighted by molar-refractivity contribution is 0.628. The summed E-state index contributed by atoms with van der Waals surface area (Å²) >= 11 is 7.59. The van der Waals surface area contributed by atoms with Crippen LogP contribution in [0.25, 0.3) is 21.3 Å². The summed E-state index contributed by atoms with van der Waals surface area (Å²) in [6, 6.07) is 14.3. The van der Waals surface area contributed by atoms with Crippen molar-refractivity contribution < 1.29 is 4.39 Å². The first kappa shape index (κ1) is 17.9. The molecule has 0 amide bonds. The summed E-state index contributed by atoms with van der Waals surface area (Å²) in [5, 5.41) is 5.13. The number of aryl methyl sites for hydroxylation is 2. The SMILES string of the molecule is Cc1nc(NCc2ccc(Cl)cc2)c2c(-c3ccc(F)cc3)c(C)sc2n1. The maximum Gasteiger partial charge on any atom is 0.139 e. The van der Waals surface area contributed by atoms with E-state index in [0.717, 1.165) is 37.6 Å². The third-order valence-electron chi connectivity index (χ3n) is 4.35. The van der Waals surface area contributed by atoms with Crippen molar-refractivity contribution in [1.82, 2.24) is 9.97 Å². The Balaban J connectivity index is 1.79. The fourth-order valence-electron chi connectivity index (χ4n) is 3.10. The van der Waals surface area contributed by atoms with E-state index in [0.29, 0.717) is 17.4 Å². The highest BCUT2D eigenvalue weighted by Gasteiger charge is 2.17. The quantitative estimate of drug-likeness (QED) is 0.434. The summed E-state index contributed by atoms with van der Waals surface area (Å²) < 4.78 is 13.4. The molecule has 136 valence electrons. The molecule has 0 aliphatic rings. The van der Waals surface area contributed by atoms with Crippen LogP contribution in [0.4, 0.5) is 10.2 Å². The zero-order valence-electron chi connectivity index (χ0n) is 14.9. The number of aromatic nitrogens is 2. The monoisotopic (exact) mass is 397 g/mol. The molecule has 2 aromatic heterocycles. The average Bonchev–Trinajstić information content (AvgIpc) is 2.97. The van der Waals surface area contributed by atoms with Crippen molar-refractivity contribution in [3.63, 3.8) is 0 Å². The third kappa shape index (κ3) is 3.66. The van der Waals surface area contributed by atoms with Gasteiger partial charge in [-0.1, -0.05) is 35.9 Å². The van der Waals surface area contributed by atoms with E-state index in [1.165, 1.54) is 12.1 Å². The maximum atomic E-state index is 13.4. The maximum absolute atomic E-state index is 13.4. The Hall–Kier alpha value is -2.50. The van der Waals surface area contributed by atoms with E-state index < -0.39 is 0 Å². The summed E-state index contributed by atoms with van der Waals surface area (Å²) in [6.07, 6.45) is 0. The van der Waals surface area contributed by atoms with Gasteiger partial charge in [0, 0.05) is 22.0 Å². The van der Waals surface area contributed by atoms with Crippen LogP contribution in [-0.4, -0.2) is 9.97 Å². The molecular weight excluding hydrogens is 381 g/mol. The molecule has 0 aliphatic heterocycles. The van der Waals surface area contributed by atoms with Crippen molar-refractivity contribution in [1.29, 1.82) is 0 Å². The van der Waals surface area contributed by atoms with Crippen molar-refractivity contribution >= 4 is 39.0 Å². The Morgan fingerprint density at radius 1 is 1.00 bits per heavy atom. The molecule has 1 N–H and O–H groups in total. The largest absolute Gasteiger partial charge is 0.365 e. The second-order valence-corrected chi connectivity index (χ2v) is 7.96. The highest BCUT2D eigenvalue weighted by Crippen LogP contribution is 2.40. The molecule has 2 aromatic carbocycles. The molecule has 4 aromatic rings. The van der Waals surface area contributed by atoms with Crippen LogP contribution in [0.3, 0.4) is 0 Å². The van der Waals surface area contributed by atoms with Crippen LogP contribution in [-0.2, 0) is 6.54 Å². The first-order chi connectivity index (χ1) is 13.0. The molecule has 0 fully saturated rings. The molecule has 0 bridgehead atoms. The minimum atomic E-state index is -0.246. The summed E-state index contributed by atoms with van der Waals surface area (Å²) in [5.74, 6) is 1.26. The summed E-state index contributed by atoms with van der Waals surface area (Å²) in [5.41, 5.74) is 3.12. The Morgan fingerprint density at radius 3 is 2.41 bits per heavy atom. The molecular formula is C21H17ClFN3S. The van der Waals surface area contributed by atoms with Crippen LogP contribution < -0.4 is 5.32 Å². The molecule has 0 spiro atoms. The minimum Gasteiger partial charge on any atom is -0.365 e. The first-order valence-electron chi connectivity index (χ1n) is 8.53. The number of thiophene rings is 1. The molecule has 0 saturated heterocycles. The van der Waals surface area contributed by atoms with Crippen LogP contribution in [0.15, 0.2) is 48.5 Å². The second-order valence-electron chi connectivity index (χ2n) is 6.32. The van der Waals surface area contributed by atoms with Gasteiger partial charge in [-0.3, -0.25) is 0 Å². The molecule has 3 nitrogen and oxygen atoms in total. The molecule has 0 radical (unpaired) electrons. The van der Waals surface area contributed by atoms with E-state index in [-0.39, 0.29) is 5.82 Å². The van der Waals surface area contributed by atoms with Crippen molar-refractivity contribution in [2.24, 2.45) is 0 Å². The fraction of sp³-hybridized carbons (Fsp3) is 0.143. The molecule has 0 aliphatic carbocycles. The van der Waals surface area contributed by atoms with Gasteiger partial charge in [-0.15, -0.1) is 11.3 Å². The lowest BCUT2D eigenvalue weighted by Crippen LogP contribution is -2.04. The van der Waals surface area contributed by atoms with E-state index >= 15 is 0 Å². The lowest BCUT2D eigenvalue weighted by atomic mass is 10.0. The molecule has 4 rings (SSSR count). The standard InChI is InChI=1S/C21H17ClFN3S/c1-12-18(15-5-9-17(23)10-6-15)19-20(25-13(2)26-21(19)27-12)24-11-14-3-7-16(22)8-4-14/h3-10H,11H2,1-2H3,(H,24,25,26).